The molecule has 0 fully saturated rings. The molecule has 0 radical (unpaired) electrons. The van der Waals surface area contributed by atoms with Crippen LogP contribution in [0.4, 0.5) is 0 Å². The number of aryl methyl sites for hydroxylation is 1. The first-order valence-electron chi connectivity index (χ1n) is 12.8. The van der Waals surface area contributed by atoms with Gasteiger partial charge in [0.15, 0.2) is 5.82 Å². The molecule has 0 aliphatic rings. The highest BCUT2D eigenvalue weighted by molar-refractivity contribution is 7.15. The second-order valence-electron chi connectivity index (χ2n) is 9.18. The lowest BCUT2D eigenvalue weighted by molar-refractivity contribution is 0.307. The van der Waals surface area contributed by atoms with E-state index in [0.29, 0.717) is 21.9 Å². The van der Waals surface area contributed by atoms with Crippen molar-refractivity contribution in [3.63, 3.8) is 0 Å². The molecule has 0 atom stereocenters. The van der Waals surface area contributed by atoms with Gasteiger partial charge in [-0.15, -0.1) is 5.10 Å². The summed E-state index contributed by atoms with van der Waals surface area (Å²) in [6, 6.07) is 19.7. The lowest BCUT2D eigenvalue weighted by Gasteiger charge is -2.10. The molecule has 0 aliphatic carbocycles. The number of thiazole rings is 1. The second-order valence-corrected chi connectivity index (χ2v) is 10.2. The third-order valence-corrected chi connectivity index (χ3v) is 7.31. The Morgan fingerprint density at radius 2 is 1.90 bits per heavy atom. The van der Waals surface area contributed by atoms with E-state index in [0.717, 1.165) is 52.2 Å². The van der Waals surface area contributed by atoms with Crippen molar-refractivity contribution in [1.29, 1.82) is 0 Å². The number of fused-ring (bicyclic) bond motifs is 1. The second kappa shape index (κ2) is 10.6. The van der Waals surface area contributed by atoms with Crippen molar-refractivity contribution in [2.45, 2.75) is 26.7 Å². The first-order valence-corrected chi connectivity index (χ1v) is 13.6. The predicted molar refractivity (Wildman–Crippen MR) is 153 cm³/mol. The van der Waals surface area contributed by atoms with E-state index >= 15 is 0 Å². The van der Waals surface area contributed by atoms with Crippen LogP contribution in [0.25, 0.3) is 39.4 Å². The van der Waals surface area contributed by atoms with Crippen LogP contribution in [0.3, 0.4) is 0 Å². The summed E-state index contributed by atoms with van der Waals surface area (Å²) in [4.78, 5) is 22.5. The van der Waals surface area contributed by atoms with Gasteiger partial charge in [0.05, 0.1) is 16.8 Å². The molecular formula is C30H26N6O2S. The third kappa shape index (κ3) is 4.96. The number of ether oxygens (including phenoxy) is 1. The first-order chi connectivity index (χ1) is 19.1. The van der Waals surface area contributed by atoms with Crippen LogP contribution in [-0.2, 0) is 0 Å². The molecule has 4 heterocycles. The van der Waals surface area contributed by atoms with Crippen molar-refractivity contribution >= 4 is 22.4 Å². The Morgan fingerprint density at radius 1 is 1.03 bits per heavy atom. The Balaban J connectivity index is 1.44. The maximum atomic E-state index is 13.3. The van der Waals surface area contributed by atoms with Crippen molar-refractivity contribution < 1.29 is 4.74 Å². The van der Waals surface area contributed by atoms with Crippen LogP contribution < -0.4 is 14.8 Å². The van der Waals surface area contributed by atoms with Gasteiger partial charge < -0.3 is 4.74 Å². The summed E-state index contributed by atoms with van der Waals surface area (Å²) in [6.07, 6.45) is 9.29. The van der Waals surface area contributed by atoms with Gasteiger partial charge >= 0.3 is 0 Å². The van der Waals surface area contributed by atoms with Crippen molar-refractivity contribution in [3.05, 3.63) is 105 Å². The molecule has 0 N–H and O–H groups in total. The fourth-order valence-corrected chi connectivity index (χ4v) is 5.21. The van der Waals surface area contributed by atoms with Gasteiger partial charge in [0.2, 0.25) is 4.96 Å². The fraction of sp³-hybridized carbons (Fsp3) is 0.167. The standard InChI is InChI=1S/C30H26N6O2S/c1-3-4-15-38-25-13-12-21(16-20(25)2)27-23(19-35(33-27)24-10-6-5-7-11-24)17-26-29(37)36-30(39-26)32-28(34-36)22-9-8-14-31-18-22/h5-14,16-19H,3-4,15H2,1-2H3/b26-17-. The third-order valence-electron chi connectivity index (χ3n) is 6.36. The molecule has 8 nitrogen and oxygen atoms in total. The van der Waals surface area contributed by atoms with Gasteiger partial charge in [0, 0.05) is 35.3 Å². The van der Waals surface area contributed by atoms with Crippen molar-refractivity contribution in [3.8, 4) is 34.1 Å². The Labute approximate surface area is 228 Å². The lowest BCUT2D eigenvalue weighted by atomic mass is 10.0. The van der Waals surface area contributed by atoms with Gasteiger partial charge in [-0.25, -0.2) is 4.68 Å². The van der Waals surface area contributed by atoms with Crippen molar-refractivity contribution in [1.82, 2.24) is 29.4 Å². The molecule has 0 unspecified atom stereocenters. The van der Waals surface area contributed by atoms with Crippen LogP contribution in [0, 0.1) is 6.92 Å². The van der Waals surface area contributed by atoms with Crippen LogP contribution in [0.2, 0.25) is 0 Å². The van der Waals surface area contributed by atoms with Gasteiger partial charge in [0.25, 0.3) is 5.56 Å². The van der Waals surface area contributed by atoms with Crippen molar-refractivity contribution in [2.24, 2.45) is 0 Å². The molecule has 6 rings (SSSR count). The molecule has 9 heteroatoms. The fourth-order valence-electron chi connectivity index (χ4n) is 4.31. The van der Waals surface area contributed by atoms with Gasteiger partial charge in [-0.05, 0) is 67.4 Å². The molecule has 194 valence electrons. The average Bonchev–Trinajstić information content (AvgIpc) is 3.66. The zero-order valence-electron chi connectivity index (χ0n) is 21.6. The summed E-state index contributed by atoms with van der Waals surface area (Å²) < 4.78 is 9.68. The minimum absolute atomic E-state index is 0.216. The molecule has 6 aromatic rings. The van der Waals surface area contributed by atoms with Gasteiger partial charge in [-0.3, -0.25) is 9.78 Å². The highest BCUT2D eigenvalue weighted by Gasteiger charge is 2.16. The van der Waals surface area contributed by atoms with E-state index in [1.54, 1.807) is 12.4 Å². The normalized spacial score (nSPS) is 11.9. The number of benzene rings is 2. The van der Waals surface area contributed by atoms with Crippen LogP contribution in [0.15, 0.2) is 84.0 Å². The van der Waals surface area contributed by atoms with E-state index in [-0.39, 0.29) is 5.56 Å². The molecule has 0 saturated carbocycles. The highest BCUT2D eigenvalue weighted by Crippen LogP contribution is 2.29. The van der Waals surface area contributed by atoms with E-state index in [4.69, 9.17) is 9.84 Å². The number of pyridine rings is 1. The molecular weight excluding hydrogens is 508 g/mol. The molecule has 0 aliphatic heterocycles. The summed E-state index contributed by atoms with van der Waals surface area (Å²) >= 11 is 1.30. The maximum Gasteiger partial charge on any atom is 0.291 e. The zero-order chi connectivity index (χ0) is 26.8. The number of hydrogen-bond donors (Lipinski definition) is 0. The summed E-state index contributed by atoms with van der Waals surface area (Å²) in [6.45, 7) is 4.88. The number of nitrogens with zero attached hydrogens (tertiary/aromatic N) is 6. The molecule has 4 aromatic heterocycles. The number of unbranched alkanes of at least 4 members (excludes halogenated alkanes) is 1. The van der Waals surface area contributed by atoms with Crippen LogP contribution in [-0.4, -0.2) is 36.0 Å². The summed E-state index contributed by atoms with van der Waals surface area (Å²) in [5.41, 5.74) is 5.07. The number of para-hydroxylation sites is 1. The van der Waals surface area contributed by atoms with Gasteiger partial charge in [0.1, 0.15) is 11.4 Å². The van der Waals surface area contributed by atoms with E-state index < -0.39 is 0 Å². The first kappa shape index (κ1) is 24.7. The van der Waals surface area contributed by atoms with Crippen LogP contribution in [0.1, 0.15) is 30.9 Å². The molecule has 0 saturated heterocycles. The molecule has 0 bridgehead atoms. The molecule has 0 amide bonds. The molecule has 0 spiro atoms. The smallest absolute Gasteiger partial charge is 0.291 e. The molecule has 2 aromatic carbocycles. The number of aromatic nitrogens is 6. The van der Waals surface area contributed by atoms with Gasteiger partial charge in [-0.1, -0.05) is 42.9 Å². The minimum atomic E-state index is -0.216. The summed E-state index contributed by atoms with van der Waals surface area (Å²) in [5, 5.41) is 9.36. The topological polar surface area (TPSA) is 87.2 Å². The van der Waals surface area contributed by atoms with E-state index in [9.17, 15) is 4.79 Å². The summed E-state index contributed by atoms with van der Waals surface area (Å²) in [7, 11) is 0. The highest BCUT2D eigenvalue weighted by atomic mass is 32.1. The Kier molecular flexibility index (Phi) is 6.73. The SMILES string of the molecule is CCCCOc1ccc(-c2nn(-c3ccccc3)cc2/C=c2\sc3nc(-c4cccnc4)nn3c2=O)cc1C. The minimum Gasteiger partial charge on any atom is -0.493 e. The number of rotatable bonds is 8. The predicted octanol–water partition coefficient (Wildman–Crippen LogP) is 5.10. The van der Waals surface area contributed by atoms with Gasteiger partial charge in [-0.2, -0.15) is 14.6 Å². The Bertz CT molecular complexity index is 1860. The van der Waals surface area contributed by atoms with Crippen molar-refractivity contribution in [2.75, 3.05) is 6.61 Å². The number of hydrogen-bond acceptors (Lipinski definition) is 7. The summed E-state index contributed by atoms with van der Waals surface area (Å²) in [5.74, 6) is 1.35. The van der Waals surface area contributed by atoms with E-state index in [1.807, 2.05) is 78.5 Å². The average molecular weight is 535 g/mol. The monoisotopic (exact) mass is 534 g/mol. The largest absolute Gasteiger partial charge is 0.493 e. The lowest BCUT2D eigenvalue weighted by Crippen LogP contribution is -2.23. The zero-order valence-corrected chi connectivity index (χ0v) is 22.4. The molecule has 39 heavy (non-hydrogen) atoms. The Morgan fingerprint density at radius 3 is 2.64 bits per heavy atom. The maximum absolute atomic E-state index is 13.3. The van der Waals surface area contributed by atoms with Crippen LogP contribution in [0.5, 0.6) is 5.75 Å². The van der Waals surface area contributed by atoms with Crippen LogP contribution >= 0.6 is 11.3 Å². The van der Waals surface area contributed by atoms with E-state index in [2.05, 4.69) is 28.1 Å². The van der Waals surface area contributed by atoms with E-state index in [1.165, 1.54) is 15.9 Å². The quantitative estimate of drug-likeness (QED) is 0.253. The Hall–Kier alpha value is -4.63.